The van der Waals surface area contributed by atoms with E-state index in [0.29, 0.717) is 16.6 Å². The first kappa shape index (κ1) is 33.4. The first-order valence-corrected chi connectivity index (χ1v) is 14.0. The van der Waals surface area contributed by atoms with Crippen molar-refractivity contribution >= 4 is 22.7 Å². The number of amides is 2. The highest BCUT2D eigenvalue weighted by molar-refractivity contribution is 6.00. The van der Waals surface area contributed by atoms with Crippen LogP contribution in [-0.2, 0) is 15.8 Å². The van der Waals surface area contributed by atoms with Crippen LogP contribution in [0.2, 0.25) is 0 Å². The third-order valence-electron chi connectivity index (χ3n) is 7.76. The zero-order valence-corrected chi connectivity index (χ0v) is 25.0. The predicted octanol–water partition coefficient (Wildman–Crippen LogP) is 4.36. The van der Waals surface area contributed by atoms with Gasteiger partial charge in [0, 0.05) is 22.1 Å². The van der Waals surface area contributed by atoms with Crippen molar-refractivity contribution in [3.63, 3.8) is 0 Å². The summed E-state index contributed by atoms with van der Waals surface area (Å²) < 4.78 is 94.8. The zero-order valence-electron chi connectivity index (χ0n) is 25.0. The molecule has 0 spiro atoms. The van der Waals surface area contributed by atoms with Gasteiger partial charge in [0.2, 0.25) is 11.5 Å². The molecule has 4 aromatic rings. The number of fused-ring (bicyclic) bond motifs is 2. The Morgan fingerprint density at radius 3 is 2.43 bits per heavy atom. The second-order valence-corrected chi connectivity index (χ2v) is 11.1. The standard InChI is InChI=1S/C31H27F6N5O5/c1-15-8-17-9-18(10-21(46-3)24(17)42-41-15)27(43)39-13-30(45,31(35,36)37)22-11-20-26(25(40-22)16-4-6-19(32)7-5-16)47-14-29(20,2)28(44)38-12-23(33)34/h4-11,23,45H,12-14H2,1-3H3,(H,38,44)(H,39,43)/t29-,30-/m0/s1. The third kappa shape index (κ3) is 6.24. The summed E-state index contributed by atoms with van der Waals surface area (Å²) in [6.07, 6.45) is -8.37. The molecule has 0 fully saturated rings. The number of ether oxygens (including phenoxy) is 2. The summed E-state index contributed by atoms with van der Waals surface area (Å²) in [5, 5.41) is 23.8. The number of aromatic nitrogens is 3. The summed E-state index contributed by atoms with van der Waals surface area (Å²) in [4.78, 5) is 30.3. The molecule has 1 aliphatic rings. The van der Waals surface area contributed by atoms with Crippen LogP contribution in [0.25, 0.3) is 22.2 Å². The molecule has 0 radical (unpaired) electrons. The Balaban J connectivity index is 1.59. The van der Waals surface area contributed by atoms with Gasteiger partial charge in [0.05, 0.1) is 31.6 Å². The molecule has 5 rings (SSSR count). The Labute approximate surface area is 263 Å². The van der Waals surface area contributed by atoms with Gasteiger partial charge in [0.25, 0.3) is 12.3 Å². The molecular formula is C31H27F6N5O5. The molecule has 2 atom stereocenters. The smallest absolute Gasteiger partial charge is 0.424 e. The van der Waals surface area contributed by atoms with E-state index in [-0.39, 0.29) is 33.9 Å². The number of nitrogens with zero attached hydrogens (tertiary/aromatic N) is 3. The maximum absolute atomic E-state index is 14.8. The van der Waals surface area contributed by atoms with Crippen LogP contribution in [0.1, 0.15) is 34.2 Å². The predicted molar refractivity (Wildman–Crippen MR) is 155 cm³/mol. The van der Waals surface area contributed by atoms with E-state index in [1.54, 1.807) is 13.0 Å². The molecule has 0 unspecified atom stereocenters. The summed E-state index contributed by atoms with van der Waals surface area (Å²) in [5.41, 5.74) is -6.40. The monoisotopic (exact) mass is 663 g/mol. The number of hydrogen-bond donors (Lipinski definition) is 3. The fourth-order valence-corrected chi connectivity index (χ4v) is 5.11. The highest BCUT2D eigenvalue weighted by Gasteiger charge is 2.58. The second-order valence-electron chi connectivity index (χ2n) is 11.1. The summed E-state index contributed by atoms with van der Waals surface area (Å²) in [6.45, 7) is -0.0156. The van der Waals surface area contributed by atoms with Gasteiger partial charge in [-0.25, -0.2) is 18.2 Å². The van der Waals surface area contributed by atoms with Crippen LogP contribution < -0.4 is 20.1 Å². The summed E-state index contributed by atoms with van der Waals surface area (Å²) in [5.74, 6) is -2.69. The van der Waals surface area contributed by atoms with Crippen molar-refractivity contribution in [2.24, 2.45) is 0 Å². The molecule has 1 aliphatic heterocycles. The maximum atomic E-state index is 14.8. The Kier molecular flexibility index (Phi) is 8.75. The lowest BCUT2D eigenvalue weighted by Crippen LogP contribution is -2.52. The highest BCUT2D eigenvalue weighted by atomic mass is 19.4. The quantitative estimate of drug-likeness (QED) is 0.225. The molecule has 0 saturated carbocycles. The summed E-state index contributed by atoms with van der Waals surface area (Å²) >= 11 is 0. The molecule has 2 aromatic carbocycles. The number of methoxy groups -OCH3 is 1. The topological polar surface area (TPSA) is 136 Å². The molecule has 47 heavy (non-hydrogen) atoms. The second kappa shape index (κ2) is 12.3. The summed E-state index contributed by atoms with van der Waals surface area (Å²) in [6, 6.07) is 9.42. The van der Waals surface area contributed by atoms with Gasteiger partial charge in [-0.1, -0.05) is 0 Å². The molecule has 10 nitrogen and oxygen atoms in total. The van der Waals surface area contributed by atoms with Gasteiger partial charge in [0.1, 0.15) is 40.5 Å². The van der Waals surface area contributed by atoms with Crippen LogP contribution in [0.4, 0.5) is 26.3 Å². The largest absolute Gasteiger partial charge is 0.494 e. The Hall–Kier alpha value is -4.99. The molecule has 3 N–H and O–H groups in total. The number of rotatable bonds is 9. The zero-order chi connectivity index (χ0) is 34.3. The number of carbonyl (C=O) groups is 2. The normalized spacial score (nSPS) is 17.2. The Bertz CT molecular complexity index is 1860. The van der Waals surface area contributed by atoms with Crippen LogP contribution in [0.3, 0.4) is 0 Å². The van der Waals surface area contributed by atoms with Crippen LogP contribution in [0.5, 0.6) is 11.5 Å². The Morgan fingerprint density at radius 1 is 1.09 bits per heavy atom. The first-order valence-electron chi connectivity index (χ1n) is 14.0. The molecule has 0 saturated heterocycles. The molecule has 16 heteroatoms. The number of alkyl halides is 5. The van der Waals surface area contributed by atoms with Crippen LogP contribution >= 0.6 is 0 Å². The summed E-state index contributed by atoms with van der Waals surface area (Å²) in [7, 11) is 1.31. The average molecular weight is 664 g/mol. The molecule has 2 amide bonds. The van der Waals surface area contributed by atoms with E-state index in [0.717, 1.165) is 18.2 Å². The van der Waals surface area contributed by atoms with Crippen molar-refractivity contribution < 1.29 is 50.5 Å². The maximum Gasteiger partial charge on any atom is 0.424 e. The lowest BCUT2D eigenvalue weighted by Gasteiger charge is -2.31. The minimum Gasteiger partial charge on any atom is -0.494 e. The number of aryl methyl sites for hydroxylation is 1. The van der Waals surface area contributed by atoms with E-state index >= 15 is 0 Å². The van der Waals surface area contributed by atoms with Crippen molar-refractivity contribution in [1.82, 2.24) is 25.8 Å². The number of carbonyl (C=O) groups excluding carboxylic acids is 2. The van der Waals surface area contributed by atoms with E-state index in [1.165, 1.54) is 38.3 Å². The number of pyridine rings is 1. The molecule has 3 heterocycles. The van der Waals surface area contributed by atoms with Crippen LogP contribution in [-0.4, -0.2) is 71.5 Å². The van der Waals surface area contributed by atoms with Gasteiger partial charge < -0.3 is 25.2 Å². The van der Waals surface area contributed by atoms with Crippen LogP contribution in [0.15, 0.2) is 48.5 Å². The van der Waals surface area contributed by atoms with Crippen molar-refractivity contribution in [3.8, 4) is 22.8 Å². The van der Waals surface area contributed by atoms with E-state index < -0.39 is 66.6 Å². The van der Waals surface area contributed by atoms with Gasteiger partial charge >= 0.3 is 6.18 Å². The number of halogens is 6. The third-order valence-corrected chi connectivity index (χ3v) is 7.76. The van der Waals surface area contributed by atoms with Gasteiger partial charge in [-0.05, 0) is 62.4 Å². The Morgan fingerprint density at radius 2 is 1.79 bits per heavy atom. The fraction of sp³-hybridized carbons (Fsp3) is 0.323. The number of nitrogens with one attached hydrogen (secondary N) is 2. The minimum absolute atomic E-state index is 0.0666. The SMILES string of the molecule is COc1cc(C(=O)NC[C@](O)(c2cc3c(c(-c4ccc(F)cc4)n2)OC[C@]3(C)C(=O)NCC(F)F)C(F)(F)F)cc2cc(C)nnc12. The van der Waals surface area contributed by atoms with Crippen molar-refractivity contribution in [3.05, 3.63) is 76.9 Å². The molecular weight excluding hydrogens is 636 g/mol. The van der Waals surface area contributed by atoms with Crippen molar-refractivity contribution in [1.29, 1.82) is 0 Å². The molecule has 0 aliphatic carbocycles. The lowest BCUT2D eigenvalue weighted by molar-refractivity contribution is -0.265. The minimum atomic E-state index is -5.46. The molecule has 0 bridgehead atoms. The van der Waals surface area contributed by atoms with Gasteiger partial charge in [-0.2, -0.15) is 18.3 Å². The highest BCUT2D eigenvalue weighted by Crippen LogP contribution is 2.48. The van der Waals surface area contributed by atoms with E-state index in [9.17, 15) is 41.0 Å². The van der Waals surface area contributed by atoms with Crippen molar-refractivity contribution in [2.45, 2.75) is 37.5 Å². The number of aliphatic hydroxyl groups is 1. The van der Waals surface area contributed by atoms with E-state index in [1.807, 2.05) is 5.32 Å². The first-order chi connectivity index (χ1) is 22.1. The number of hydrogen-bond acceptors (Lipinski definition) is 8. The molecule has 2 aromatic heterocycles. The van der Waals surface area contributed by atoms with Gasteiger partial charge in [-0.3, -0.25) is 9.59 Å². The van der Waals surface area contributed by atoms with E-state index in [4.69, 9.17) is 9.47 Å². The van der Waals surface area contributed by atoms with E-state index in [2.05, 4.69) is 20.5 Å². The average Bonchev–Trinajstić information content (AvgIpc) is 3.38. The van der Waals surface area contributed by atoms with Crippen molar-refractivity contribution in [2.75, 3.05) is 26.8 Å². The van der Waals surface area contributed by atoms with Gasteiger partial charge in [0.15, 0.2) is 0 Å². The van der Waals surface area contributed by atoms with Crippen LogP contribution in [0, 0.1) is 12.7 Å². The number of benzene rings is 2. The van der Waals surface area contributed by atoms with Gasteiger partial charge in [-0.15, -0.1) is 5.10 Å². The molecule has 248 valence electrons. The lowest BCUT2D eigenvalue weighted by atomic mass is 9.81. The fourth-order valence-electron chi connectivity index (χ4n) is 5.11.